The predicted molar refractivity (Wildman–Crippen MR) is 125 cm³/mol. The zero-order valence-electron chi connectivity index (χ0n) is 18.2. The van der Waals surface area contributed by atoms with E-state index in [2.05, 4.69) is 46.3 Å². The van der Waals surface area contributed by atoms with Gasteiger partial charge in [-0.2, -0.15) is 0 Å². The standard InChI is InChI=1S/C24H39N3OS/c1-21-10-7-8-11-22(21)20-27(15-9-14-26-16-18-28-19-17-26)24(29)25-23-12-5-3-2-4-6-13-23/h7-8,10-11,23H,2-6,9,12-20H2,1H3,(H,25,29). The van der Waals surface area contributed by atoms with Gasteiger partial charge in [-0.25, -0.2) is 0 Å². The lowest BCUT2D eigenvalue weighted by Crippen LogP contribution is -2.46. The maximum atomic E-state index is 5.93. The third-order valence-corrected chi connectivity index (χ3v) is 6.72. The Hall–Kier alpha value is -1.17. The minimum atomic E-state index is 0.543. The van der Waals surface area contributed by atoms with Crippen molar-refractivity contribution in [3.05, 3.63) is 35.4 Å². The number of nitrogens with zero attached hydrogens (tertiary/aromatic N) is 2. The van der Waals surface area contributed by atoms with E-state index in [0.29, 0.717) is 6.04 Å². The van der Waals surface area contributed by atoms with E-state index in [1.54, 1.807) is 0 Å². The summed E-state index contributed by atoms with van der Waals surface area (Å²) in [6.45, 7) is 9.08. The topological polar surface area (TPSA) is 27.7 Å². The van der Waals surface area contributed by atoms with Gasteiger partial charge in [-0.3, -0.25) is 4.90 Å². The van der Waals surface area contributed by atoms with Gasteiger partial charge in [-0.15, -0.1) is 0 Å². The molecule has 2 aliphatic rings. The number of aryl methyl sites for hydroxylation is 1. The SMILES string of the molecule is Cc1ccccc1CN(CCCN1CCOCC1)C(=S)NC1CCCCCCC1. The van der Waals surface area contributed by atoms with Gasteiger partial charge in [-0.05, 0) is 49.5 Å². The first-order chi connectivity index (χ1) is 14.2. The fourth-order valence-corrected chi connectivity index (χ4v) is 4.74. The van der Waals surface area contributed by atoms with Gasteiger partial charge in [0.2, 0.25) is 0 Å². The second-order valence-corrected chi connectivity index (χ2v) is 9.03. The summed E-state index contributed by atoms with van der Waals surface area (Å²) < 4.78 is 5.48. The van der Waals surface area contributed by atoms with E-state index < -0.39 is 0 Å². The molecule has 0 atom stereocenters. The lowest BCUT2D eigenvalue weighted by atomic mass is 9.97. The number of benzene rings is 1. The smallest absolute Gasteiger partial charge is 0.169 e. The van der Waals surface area contributed by atoms with E-state index in [0.717, 1.165) is 57.5 Å². The van der Waals surface area contributed by atoms with Crippen molar-refractivity contribution >= 4 is 17.3 Å². The molecule has 1 heterocycles. The Morgan fingerprint density at radius 1 is 1.10 bits per heavy atom. The van der Waals surface area contributed by atoms with Crippen molar-refractivity contribution in [3.63, 3.8) is 0 Å². The molecule has 162 valence electrons. The van der Waals surface area contributed by atoms with Gasteiger partial charge in [0.1, 0.15) is 0 Å². The molecule has 0 bridgehead atoms. The Balaban J connectivity index is 1.57. The van der Waals surface area contributed by atoms with Crippen LogP contribution < -0.4 is 5.32 Å². The molecular formula is C24H39N3OS. The van der Waals surface area contributed by atoms with Crippen molar-refractivity contribution in [1.29, 1.82) is 0 Å². The van der Waals surface area contributed by atoms with Crippen molar-refractivity contribution in [2.45, 2.75) is 70.9 Å². The average Bonchev–Trinajstić information content (AvgIpc) is 2.71. The number of rotatable bonds is 7. The highest BCUT2D eigenvalue weighted by molar-refractivity contribution is 7.80. The highest BCUT2D eigenvalue weighted by Gasteiger charge is 2.18. The van der Waals surface area contributed by atoms with E-state index in [9.17, 15) is 0 Å². The number of ether oxygens (including phenoxy) is 1. The van der Waals surface area contributed by atoms with Crippen LogP contribution in [0.25, 0.3) is 0 Å². The van der Waals surface area contributed by atoms with Crippen LogP contribution in [0, 0.1) is 6.92 Å². The van der Waals surface area contributed by atoms with Gasteiger partial charge in [0.05, 0.1) is 13.2 Å². The lowest BCUT2D eigenvalue weighted by Gasteiger charge is -2.32. The molecule has 1 aromatic carbocycles. The highest BCUT2D eigenvalue weighted by atomic mass is 32.1. The number of nitrogens with one attached hydrogen (secondary N) is 1. The van der Waals surface area contributed by atoms with Crippen LogP contribution in [0.3, 0.4) is 0 Å². The minimum Gasteiger partial charge on any atom is -0.379 e. The van der Waals surface area contributed by atoms with Gasteiger partial charge in [-0.1, -0.05) is 56.4 Å². The molecule has 1 saturated carbocycles. The van der Waals surface area contributed by atoms with Crippen LogP contribution in [-0.4, -0.2) is 60.3 Å². The third kappa shape index (κ3) is 7.88. The van der Waals surface area contributed by atoms with Crippen molar-refractivity contribution in [2.24, 2.45) is 0 Å². The average molecular weight is 418 g/mol. The molecule has 0 unspecified atom stereocenters. The van der Waals surface area contributed by atoms with Gasteiger partial charge in [0, 0.05) is 38.8 Å². The molecule has 1 saturated heterocycles. The second-order valence-electron chi connectivity index (χ2n) is 8.65. The summed E-state index contributed by atoms with van der Waals surface area (Å²) in [5, 5.41) is 4.68. The Morgan fingerprint density at radius 2 is 1.79 bits per heavy atom. The molecule has 0 radical (unpaired) electrons. The number of hydrogen-bond acceptors (Lipinski definition) is 3. The molecular weight excluding hydrogens is 378 g/mol. The molecule has 1 N–H and O–H groups in total. The Labute approximate surface area is 183 Å². The molecule has 29 heavy (non-hydrogen) atoms. The number of morpholine rings is 1. The zero-order chi connectivity index (χ0) is 20.3. The summed E-state index contributed by atoms with van der Waals surface area (Å²) in [6.07, 6.45) is 10.5. The Bertz CT molecular complexity index is 610. The Morgan fingerprint density at radius 3 is 2.52 bits per heavy atom. The summed E-state index contributed by atoms with van der Waals surface area (Å²) in [6, 6.07) is 9.24. The first-order valence-corrected chi connectivity index (χ1v) is 12.0. The van der Waals surface area contributed by atoms with Gasteiger partial charge in [0.15, 0.2) is 5.11 Å². The van der Waals surface area contributed by atoms with Crippen LogP contribution in [0.5, 0.6) is 0 Å². The molecule has 1 aliphatic carbocycles. The van der Waals surface area contributed by atoms with Crippen molar-refractivity contribution in [1.82, 2.24) is 15.1 Å². The molecule has 4 nitrogen and oxygen atoms in total. The molecule has 1 aromatic rings. The van der Waals surface area contributed by atoms with E-state index >= 15 is 0 Å². The predicted octanol–water partition coefficient (Wildman–Crippen LogP) is 4.51. The molecule has 0 amide bonds. The largest absolute Gasteiger partial charge is 0.379 e. The van der Waals surface area contributed by atoms with E-state index in [-0.39, 0.29) is 0 Å². The quantitative estimate of drug-likeness (QED) is 0.659. The first-order valence-electron chi connectivity index (χ1n) is 11.6. The lowest BCUT2D eigenvalue weighted by molar-refractivity contribution is 0.0367. The Kier molecular flexibility index (Phi) is 9.71. The van der Waals surface area contributed by atoms with Crippen molar-refractivity contribution < 1.29 is 4.74 Å². The third-order valence-electron chi connectivity index (χ3n) is 6.35. The molecule has 0 aromatic heterocycles. The van der Waals surface area contributed by atoms with Crippen molar-refractivity contribution in [3.8, 4) is 0 Å². The van der Waals surface area contributed by atoms with E-state index in [1.807, 2.05) is 0 Å². The molecule has 0 spiro atoms. The summed E-state index contributed by atoms with van der Waals surface area (Å²) in [5.41, 5.74) is 2.72. The van der Waals surface area contributed by atoms with Gasteiger partial charge >= 0.3 is 0 Å². The van der Waals surface area contributed by atoms with Crippen LogP contribution in [0.2, 0.25) is 0 Å². The molecule has 5 heteroatoms. The molecule has 3 rings (SSSR count). The van der Waals surface area contributed by atoms with Crippen LogP contribution in [0.4, 0.5) is 0 Å². The maximum Gasteiger partial charge on any atom is 0.169 e. The van der Waals surface area contributed by atoms with E-state index in [1.165, 1.54) is 56.1 Å². The summed E-state index contributed by atoms with van der Waals surface area (Å²) in [4.78, 5) is 4.91. The molecule has 1 aliphatic heterocycles. The zero-order valence-corrected chi connectivity index (χ0v) is 19.0. The monoisotopic (exact) mass is 417 g/mol. The number of hydrogen-bond donors (Lipinski definition) is 1. The second kappa shape index (κ2) is 12.5. The van der Waals surface area contributed by atoms with Crippen LogP contribution in [0.15, 0.2) is 24.3 Å². The molecule has 2 fully saturated rings. The van der Waals surface area contributed by atoms with Crippen LogP contribution >= 0.6 is 12.2 Å². The summed E-state index contributed by atoms with van der Waals surface area (Å²) in [5.74, 6) is 0. The van der Waals surface area contributed by atoms with E-state index in [4.69, 9.17) is 17.0 Å². The first kappa shape index (κ1) is 22.5. The fourth-order valence-electron chi connectivity index (χ4n) is 4.42. The van der Waals surface area contributed by atoms with Crippen LogP contribution in [0.1, 0.15) is 62.5 Å². The highest BCUT2D eigenvalue weighted by Crippen LogP contribution is 2.18. The van der Waals surface area contributed by atoms with Crippen LogP contribution in [-0.2, 0) is 11.3 Å². The fraction of sp³-hybridized carbons (Fsp3) is 0.708. The maximum absolute atomic E-state index is 5.93. The summed E-state index contributed by atoms with van der Waals surface area (Å²) >= 11 is 5.93. The van der Waals surface area contributed by atoms with Crippen molar-refractivity contribution in [2.75, 3.05) is 39.4 Å². The summed E-state index contributed by atoms with van der Waals surface area (Å²) in [7, 11) is 0. The normalized spacial score (nSPS) is 19.3. The minimum absolute atomic E-state index is 0.543. The van der Waals surface area contributed by atoms with Gasteiger partial charge < -0.3 is 15.0 Å². The number of thiocarbonyl (C=S) groups is 1. The van der Waals surface area contributed by atoms with Gasteiger partial charge in [0.25, 0.3) is 0 Å².